The van der Waals surface area contributed by atoms with Gasteiger partial charge >= 0.3 is 5.97 Å². The molecule has 2 atom stereocenters. The summed E-state index contributed by atoms with van der Waals surface area (Å²) in [5, 5.41) is 7.50. The van der Waals surface area contributed by atoms with Crippen LogP contribution in [0.25, 0.3) is 0 Å². The van der Waals surface area contributed by atoms with Crippen LogP contribution >= 0.6 is 0 Å². The van der Waals surface area contributed by atoms with Gasteiger partial charge in [-0.05, 0) is 32.3 Å². The summed E-state index contributed by atoms with van der Waals surface area (Å²) in [7, 11) is 1.27. The van der Waals surface area contributed by atoms with Crippen LogP contribution in [0.1, 0.15) is 85.0 Å². The van der Waals surface area contributed by atoms with Crippen molar-refractivity contribution in [2.75, 3.05) is 7.11 Å². The van der Waals surface area contributed by atoms with Crippen LogP contribution in [-0.4, -0.2) is 51.2 Å². The number of hydrogen-bond donors (Lipinski definition) is 1. The second-order valence-electron chi connectivity index (χ2n) is 9.32. The highest BCUT2D eigenvalue weighted by atomic mass is 16.5. The maximum atomic E-state index is 13.7. The van der Waals surface area contributed by atoms with Crippen molar-refractivity contribution in [2.24, 2.45) is 0 Å². The van der Waals surface area contributed by atoms with Gasteiger partial charge in [0.2, 0.25) is 5.91 Å². The molecular formula is C26H36N4O4. The second kappa shape index (κ2) is 10.8. The third kappa shape index (κ3) is 5.32. The zero-order chi connectivity index (χ0) is 24.9. The van der Waals surface area contributed by atoms with Gasteiger partial charge < -0.3 is 15.0 Å². The number of fused-ring (bicyclic) bond motifs is 1. The first kappa shape index (κ1) is 25.5. The van der Waals surface area contributed by atoms with E-state index in [4.69, 9.17) is 4.74 Å². The van der Waals surface area contributed by atoms with Crippen LogP contribution in [0.2, 0.25) is 0 Å². The lowest BCUT2D eigenvalue weighted by Gasteiger charge is -2.44. The van der Waals surface area contributed by atoms with Crippen LogP contribution in [0.3, 0.4) is 0 Å². The Morgan fingerprint density at radius 3 is 2.50 bits per heavy atom. The zero-order valence-electron chi connectivity index (χ0n) is 20.9. The summed E-state index contributed by atoms with van der Waals surface area (Å²) in [5.74, 6) is -1.16. The molecule has 2 amide bonds. The van der Waals surface area contributed by atoms with Crippen molar-refractivity contribution < 1.29 is 19.1 Å². The maximum absolute atomic E-state index is 13.7. The van der Waals surface area contributed by atoms with Crippen molar-refractivity contribution in [3.8, 4) is 0 Å². The van der Waals surface area contributed by atoms with E-state index in [-0.39, 0.29) is 42.3 Å². The molecule has 1 aliphatic rings. The van der Waals surface area contributed by atoms with Gasteiger partial charge in [-0.25, -0.2) is 4.79 Å². The number of aromatic nitrogens is 2. The number of methoxy groups -OCH3 is 1. The Kier molecular flexibility index (Phi) is 8.12. The molecule has 1 aromatic carbocycles. The molecule has 3 rings (SSSR count). The van der Waals surface area contributed by atoms with E-state index in [0.717, 1.165) is 43.2 Å². The molecule has 184 valence electrons. The van der Waals surface area contributed by atoms with Crippen molar-refractivity contribution in [1.29, 1.82) is 0 Å². The first-order chi connectivity index (χ1) is 16.2. The summed E-state index contributed by atoms with van der Waals surface area (Å²) in [5.41, 5.74) is 1.20. The molecule has 0 spiro atoms. The van der Waals surface area contributed by atoms with E-state index in [9.17, 15) is 14.4 Å². The fourth-order valence-corrected chi connectivity index (χ4v) is 4.40. The lowest BCUT2D eigenvalue weighted by Crippen LogP contribution is -2.64. The molecule has 1 N–H and O–H groups in total. The molecule has 0 fully saturated rings. The highest BCUT2D eigenvalue weighted by Gasteiger charge is 2.48. The first-order valence-electron chi connectivity index (χ1n) is 12.1. The minimum absolute atomic E-state index is 0.0512. The van der Waals surface area contributed by atoms with Crippen LogP contribution in [-0.2, 0) is 22.6 Å². The molecule has 1 aliphatic heterocycles. The Morgan fingerprint density at radius 1 is 1.18 bits per heavy atom. The topological polar surface area (TPSA) is 93.5 Å². The lowest BCUT2D eigenvalue weighted by atomic mass is 9.93. The predicted octanol–water partition coefficient (Wildman–Crippen LogP) is 3.87. The number of carbonyl (C=O) groups excluding carboxylic acids is 3. The molecule has 34 heavy (non-hydrogen) atoms. The fraction of sp³-hybridized carbons (Fsp3) is 0.538. The maximum Gasteiger partial charge on any atom is 0.358 e. The SMILES string of the molecule is CCCCC(CCC)NC(=O)C1(C)Cn2nc(C(=O)OC)cc2C(=O)N1Cc1ccc(C)cc1. The Bertz CT molecular complexity index is 1030. The van der Waals surface area contributed by atoms with E-state index in [1.165, 1.54) is 17.9 Å². The number of rotatable bonds is 10. The average molecular weight is 469 g/mol. The van der Waals surface area contributed by atoms with Crippen molar-refractivity contribution in [1.82, 2.24) is 20.0 Å². The summed E-state index contributed by atoms with van der Waals surface area (Å²) in [6.07, 6.45) is 4.83. The molecule has 0 aliphatic carbocycles. The van der Waals surface area contributed by atoms with Gasteiger partial charge in [0.25, 0.3) is 5.91 Å². The van der Waals surface area contributed by atoms with E-state index < -0.39 is 11.5 Å². The fourth-order valence-electron chi connectivity index (χ4n) is 4.40. The summed E-state index contributed by atoms with van der Waals surface area (Å²) in [6.45, 7) is 8.44. The van der Waals surface area contributed by atoms with Crippen LogP contribution in [0.4, 0.5) is 0 Å². The van der Waals surface area contributed by atoms with Crippen LogP contribution < -0.4 is 5.32 Å². The van der Waals surface area contributed by atoms with Gasteiger partial charge in [0.1, 0.15) is 11.2 Å². The summed E-state index contributed by atoms with van der Waals surface area (Å²) in [4.78, 5) is 41.0. The smallest absolute Gasteiger partial charge is 0.358 e. The molecule has 8 heteroatoms. The quantitative estimate of drug-likeness (QED) is 0.534. The monoisotopic (exact) mass is 468 g/mol. The Balaban J connectivity index is 1.98. The number of benzene rings is 1. The number of carbonyl (C=O) groups is 3. The van der Waals surface area contributed by atoms with Gasteiger partial charge in [-0.2, -0.15) is 5.10 Å². The number of nitrogens with one attached hydrogen (secondary N) is 1. The van der Waals surface area contributed by atoms with Crippen molar-refractivity contribution in [3.63, 3.8) is 0 Å². The van der Waals surface area contributed by atoms with Crippen LogP contribution in [0.15, 0.2) is 30.3 Å². The predicted molar refractivity (Wildman–Crippen MR) is 129 cm³/mol. The second-order valence-corrected chi connectivity index (χ2v) is 9.32. The number of hydrogen-bond acceptors (Lipinski definition) is 5. The third-order valence-corrected chi connectivity index (χ3v) is 6.52. The van der Waals surface area contributed by atoms with Crippen molar-refractivity contribution >= 4 is 17.8 Å². The van der Waals surface area contributed by atoms with Gasteiger partial charge in [-0.3, -0.25) is 14.3 Å². The van der Waals surface area contributed by atoms with E-state index in [1.54, 1.807) is 11.8 Å². The standard InChI is InChI=1S/C26H36N4O4/c1-6-8-10-20(9-7-2)27-25(33)26(4)17-30-22(15-21(28-30)24(32)34-5)23(31)29(26)16-19-13-11-18(3)12-14-19/h11-15,20H,6-10,16-17H2,1-5H3,(H,27,33). The molecule has 0 radical (unpaired) electrons. The van der Waals surface area contributed by atoms with E-state index >= 15 is 0 Å². The highest BCUT2D eigenvalue weighted by Crippen LogP contribution is 2.30. The molecule has 0 bridgehead atoms. The average Bonchev–Trinajstić information content (AvgIpc) is 3.24. The number of nitrogens with zero attached hydrogens (tertiary/aromatic N) is 3. The number of ether oxygens (including phenoxy) is 1. The molecule has 0 saturated heterocycles. The number of unbranched alkanes of at least 4 members (excludes halogenated alkanes) is 1. The van der Waals surface area contributed by atoms with Crippen LogP contribution in [0.5, 0.6) is 0 Å². The van der Waals surface area contributed by atoms with E-state index in [2.05, 4.69) is 24.3 Å². The Hall–Kier alpha value is -3.16. The zero-order valence-corrected chi connectivity index (χ0v) is 20.9. The molecule has 2 heterocycles. The Morgan fingerprint density at radius 2 is 1.88 bits per heavy atom. The molecule has 2 aromatic rings. The third-order valence-electron chi connectivity index (χ3n) is 6.52. The van der Waals surface area contributed by atoms with Crippen molar-refractivity contribution in [2.45, 2.75) is 84.5 Å². The van der Waals surface area contributed by atoms with Crippen molar-refractivity contribution in [3.05, 3.63) is 52.8 Å². The van der Waals surface area contributed by atoms with Crippen LogP contribution in [0, 0.1) is 6.92 Å². The number of aryl methyl sites for hydroxylation is 1. The molecule has 8 nitrogen and oxygen atoms in total. The summed E-state index contributed by atoms with van der Waals surface area (Å²) in [6, 6.07) is 9.40. The summed E-state index contributed by atoms with van der Waals surface area (Å²) < 4.78 is 6.24. The molecule has 0 saturated carbocycles. The van der Waals surface area contributed by atoms with Gasteiger partial charge in [-0.15, -0.1) is 0 Å². The Labute approximate surface area is 201 Å². The number of esters is 1. The van der Waals surface area contributed by atoms with E-state index in [0.29, 0.717) is 0 Å². The van der Waals surface area contributed by atoms with E-state index in [1.807, 2.05) is 31.2 Å². The largest absolute Gasteiger partial charge is 0.464 e. The number of amides is 2. The van der Waals surface area contributed by atoms with Gasteiger partial charge in [0.05, 0.1) is 13.7 Å². The summed E-state index contributed by atoms with van der Waals surface area (Å²) >= 11 is 0. The molecular weight excluding hydrogens is 432 g/mol. The van der Waals surface area contributed by atoms with Gasteiger partial charge in [-0.1, -0.05) is 62.9 Å². The normalized spacial score (nSPS) is 18.4. The molecule has 2 unspecified atom stereocenters. The minimum atomic E-state index is -1.17. The van der Waals surface area contributed by atoms with Gasteiger partial charge in [0, 0.05) is 18.7 Å². The lowest BCUT2D eigenvalue weighted by molar-refractivity contribution is -0.134. The minimum Gasteiger partial charge on any atom is -0.464 e. The first-order valence-corrected chi connectivity index (χ1v) is 12.1. The van der Waals surface area contributed by atoms with Gasteiger partial charge in [0.15, 0.2) is 5.69 Å². The highest BCUT2D eigenvalue weighted by molar-refractivity contribution is 6.01. The molecule has 1 aromatic heterocycles.